The molecule has 1 amide bonds. The van der Waals surface area contributed by atoms with Gasteiger partial charge in [0.15, 0.2) is 0 Å². The predicted octanol–water partition coefficient (Wildman–Crippen LogP) is 3.29. The van der Waals surface area contributed by atoms with E-state index in [2.05, 4.69) is 25.7 Å². The lowest BCUT2D eigenvalue weighted by Crippen LogP contribution is -2.38. The topological polar surface area (TPSA) is 76.8 Å². The molecular formula is C20H22N6OS. The van der Waals surface area contributed by atoms with Gasteiger partial charge in [-0.1, -0.05) is 5.21 Å². The van der Waals surface area contributed by atoms with Crippen molar-refractivity contribution in [3.8, 4) is 11.3 Å². The number of thiophene rings is 1. The Morgan fingerprint density at radius 1 is 1.32 bits per heavy atom. The molecule has 0 unspecified atom stereocenters. The van der Waals surface area contributed by atoms with Crippen LogP contribution in [0.1, 0.15) is 53.5 Å². The molecule has 0 N–H and O–H groups in total. The van der Waals surface area contributed by atoms with Gasteiger partial charge >= 0.3 is 0 Å². The minimum absolute atomic E-state index is 0.0579. The van der Waals surface area contributed by atoms with Crippen LogP contribution in [0.15, 0.2) is 29.2 Å². The minimum Gasteiger partial charge on any atom is -0.334 e. The summed E-state index contributed by atoms with van der Waals surface area (Å²) in [6.07, 6.45) is 7.90. The molecule has 2 fully saturated rings. The molecule has 1 aliphatic heterocycles. The third-order valence-electron chi connectivity index (χ3n) is 5.52. The first-order valence-electron chi connectivity index (χ1n) is 9.76. The number of rotatable bonds is 5. The molecule has 0 spiro atoms. The Morgan fingerprint density at radius 2 is 2.21 bits per heavy atom. The van der Waals surface area contributed by atoms with Crippen LogP contribution in [-0.2, 0) is 6.54 Å². The Bertz CT molecular complexity index is 994. The maximum absolute atomic E-state index is 13.3. The summed E-state index contributed by atoms with van der Waals surface area (Å²) in [4.78, 5) is 24.2. The Kier molecular flexibility index (Phi) is 4.43. The molecule has 3 aromatic rings. The summed E-state index contributed by atoms with van der Waals surface area (Å²) in [5.41, 5.74) is 3.57. The van der Waals surface area contributed by atoms with Gasteiger partial charge in [-0.2, -0.15) is 11.3 Å². The van der Waals surface area contributed by atoms with Crippen molar-refractivity contribution in [3.05, 3.63) is 46.3 Å². The summed E-state index contributed by atoms with van der Waals surface area (Å²) < 4.78 is 1.86. The van der Waals surface area contributed by atoms with Gasteiger partial charge in [0.2, 0.25) is 0 Å². The molecule has 1 saturated heterocycles. The highest BCUT2D eigenvalue weighted by molar-refractivity contribution is 7.08. The van der Waals surface area contributed by atoms with Crippen molar-refractivity contribution in [2.75, 3.05) is 6.54 Å². The molecule has 0 radical (unpaired) electrons. The van der Waals surface area contributed by atoms with Gasteiger partial charge < -0.3 is 4.90 Å². The average molecular weight is 395 g/mol. The lowest BCUT2D eigenvalue weighted by molar-refractivity contribution is 0.0719. The van der Waals surface area contributed by atoms with Crippen LogP contribution < -0.4 is 0 Å². The summed E-state index contributed by atoms with van der Waals surface area (Å²) in [6.45, 7) is 3.32. The van der Waals surface area contributed by atoms with Crippen LogP contribution in [-0.4, -0.2) is 48.4 Å². The monoisotopic (exact) mass is 394 g/mol. The predicted molar refractivity (Wildman–Crippen MR) is 106 cm³/mol. The zero-order chi connectivity index (χ0) is 19.1. The molecule has 0 bridgehead atoms. The van der Waals surface area contributed by atoms with E-state index in [9.17, 15) is 4.79 Å². The number of carbonyl (C=O) groups excluding carboxylic acids is 1. The van der Waals surface area contributed by atoms with E-state index in [1.54, 1.807) is 17.5 Å². The smallest absolute Gasteiger partial charge is 0.257 e. The third-order valence-corrected chi connectivity index (χ3v) is 6.21. The van der Waals surface area contributed by atoms with Crippen LogP contribution in [0.25, 0.3) is 11.3 Å². The fourth-order valence-electron chi connectivity index (χ4n) is 3.91. The zero-order valence-corrected chi connectivity index (χ0v) is 16.6. The number of aromatic nitrogens is 5. The molecule has 7 nitrogen and oxygen atoms in total. The number of likely N-dealkylation sites (tertiary alicyclic amines) is 1. The van der Waals surface area contributed by atoms with E-state index in [0.29, 0.717) is 18.0 Å². The molecule has 4 heterocycles. The van der Waals surface area contributed by atoms with E-state index in [1.807, 2.05) is 34.1 Å². The van der Waals surface area contributed by atoms with Gasteiger partial charge in [0.05, 0.1) is 30.0 Å². The van der Waals surface area contributed by atoms with Crippen molar-refractivity contribution >= 4 is 17.2 Å². The normalized spacial score (nSPS) is 19.3. The highest BCUT2D eigenvalue weighted by atomic mass is 32.1. The number of hydrogen-bond donors (Lipinski definition) is 0. The first-order chi connectivity index (χ1) is 13.7. The van der Waals surface area contributed by atoms with Gasteiger partial charge in [-0.05, 0) is 44.1 Å². The van der Waals surface area contributed by atoms with Gasteiger partial charge in [0.1, 0.15) is 11.5 Å². The summed E-state index contributed by atoms with van der Waals surface area (Å²) in [6, 6.07) is 2.17. The molecule has 3 aromatic heterocycles. The summed E-state index contributed by atoms with van der Waals surface area (Å²) in [5, 5.41) is 12.7. The second-order valence-electron chi connectivity index (χ2n) is 7.62. The molecule has 2 aliphatic rings. The van der Waals surface area contributed by atoms with Gasteiger partial charge in [0, 0.05) is 29.6 Å². The molecule has 1 atom stereocenters. The number of aryl methyl sites for hydroxylation is 1. The Hall–Kier alpha value is -2.61. The molecular weight excluding hydrogens is 372 g/mol. The van der Waals surface area contributed by atoms with Crippen molar-refractivity contribution in [3.63, 3.8) is 0 Å². The van der Waals surface area contributed by atoms with Crippen molar-refractivity contribution < 1.29 is 4.79 Å². The molecule has 5 rings (SSSR count). The molecule has 1 saturated carbocycles. The minimum atomic E-state index is 0.0579. The van der Waals surface area contributed by atoms with Gasteiger partial charge in [0.25, 0.3) is 5.91 Å². The quantitative estimate of drug-likeness (QED) is 0.664. The largest absolute Gasteiger partial charge is 0.334 e. The number of hydrogen-bond acceptors (Lipinski definition) is 6. The number of carbonyl (C=O) groups is 1. The second kappa shape index (κ2) is 7.09. The maximum atomic E-state index is 13.3. The average Bonchev–Trinajstić information content (AvgIpc) is 3.09. The fourth-order valence-corrected chi connectivity index (χ4v) is 4.56. The standard InChI is InChI=1S/C20H22N6OS/c1-13-21-9-17(19(22-13)14-4-5-14)20(27)26-7-2-3-16(26)10-25-11-18(23-24-25)15-6-8-28-12-15/h6,8-9,11-12,14,16H,2-5,7,10H2,1H3/t16-/m1/s1. The van der Waals surface area contributed by atoms with Gasteiger partial charge in [-0.25, -0.2) is 14.6 Å². The van der Waals surface area contributed by atoms with E-state index in [-0.39, 0.29) is 11.9 Å². The summed E-state index contributed by atoms with van der Waals surface area (Å²) in [5.74, 6) is 1.22. The third kappa shape index (κ3) is 3.32. The van der Waals surface area contributed by atoms with Crippen molar-refractivity contribution in [1.82, 2.24) is 29.9 Å². The van der Waals surface area contributed by atoms with Crippen molar-refractivity contribution in [2.45, 2.75) is 51.1 Å². The molecule has 0 aromatic carbocycles. The molecule has 144 valence electrons. The second-order valence-corrected chi connectivity index (χ2v) is 8.40. The van der Waals surface area contributed by atoms with Gasteiger partial charge in [-0.3, -0.25) is 4.79 Å². The Labute approximate surface area is 167 Å². The zero-order valence-electron chi connectivity index (χ0n) is 15.8. The SMILES string of the molecule is Cc1ncc(C(=O)N2CCC[C@@H]2Cn2cc(-c3ccsc3)nn2)c(C2CC2)n1. The first-order valence-corrected chi connectivity index (χ1v) is 10.7. The van der Waals surface area contributed by atoms with Crippen molar-refractivity contribution in [1.29, 1.82) is 0 Å². The fraction of sp³-hybridized carbons (Fsp3) is 0.450. The molecule has 8 heteroatoms. The van der Waals surface area contributed by atoms with E-state index in [1.165, 1.54) is 0 Å². The van der Waals surface area contributed by atoms with Crippen LogP contribution in [0, 0.1) is 6.92 Å². The van der Waals surface area contributed by atoms with E-state index < -0.39 is 0 Å². The lowest BCUT2D eigenvalue weighted by atomic mass is 10.1. The maximum Gasteiger partial charge on any atom is 0.257 e. The first kappa shape index (κ1) is 17.5. The van der Waals surface area contributed by atoms with Crippen LogP contribution in [0.2, 0.25) is 0 Å². The molecule has 28 heavy (non-hydrogen) atoms. The van der Waals surface area contributed by atoms with Gasteiger partial charge in [-0.15, -0.1) is 5.10 Å². The lowest BCUT2D eigenvalue weighted by Gasteiger charge is -2.25. The van der Waals surface area contributed by atoms with E-state index >= 15 is 0 Å². The van der Waals surface area contributed by atoms with Crippen LogP contribution in [0.3, 0.4) is 0 Å². The number of nitrogens with zero attached hydrogens (tertiary/aromatic N) is 6. The van der Waals surface area contributed by atoms with E-state index in [4.69, 9.17) is 0 Å². The van der Waals surface area contributed by atoms with Crippen molar-refractivity contribution in [2.24, 2.45) is 0 Å². The molecule has 1 aliphatic carbocycles. The number of amides is 1. The van der Waals surface area contributed by atoms with Crippen LogP contribution in [0.4, 0.5) is 0 Å². The van der Waals surface area contributed by atoms with Crippen LogP contribution in [0.5, 0.6) is 0 Å². The highest BCUT2D eigenvalue weighted by Gasteiger charge is 2.35. The highest BCUT2D eigenvalue weighted by Crippen LogP contribution is 2.41. The van der Waals surface area contributed by atoms with E-state index in [0.717, 1.165) is 55.0 Å². The Morgan fingerprint density at radius 3 is 3.00 bits per heavy atom. The summed E-state index contributed by atoms with van der Waals surface area (Å²) >= 11 is 1.65. The van der Waals surface area contributed by atoms with Crippen LogP contribution >= 0.6 is 11.3 Å². The summed E-state index contributed by atoms with van der Waals surface area (Å²) in [7, 11) is 0. The Balaban J connectivity index is 1.35.